The molecule has 1 unspecified atom stereocenters. The zero-order valence-corrected chi connectivity index (χ0v) is 20.9. The van der Waals surface area contributed by atoms with Crippen LogP contribution in [0.25, 0.3) is 11.4 Å². The lowest BCUT2D eigenvalue weighted by Gasteiger charge is -2.08. The minimum Gasteiger partial charge on any atom is -0.490 e. The van der Waals surface area contributed by atoms with Gasteiger partial charge in [-0.05, 0) is 44.0 Å². The Morgan fingerprint density at radius 1 is 0.788 bits per heavy atom. The van der Waals surface area contributed by atoms with Crippen molar-refractivity contribution in [2.75, 3.05) is 13.2 Å². The Morgan fingerprint density at radius 3 is 2.09 bits per heavy atom. The van der Waals surface area contributed by atoms with Crippen LogP contribution in [0.5, 0.6) is 5.75 Å². The summed E-state index contributed by atoms with van der Waals surface area (Å²) in [6.07, 6.45) is 17.1. The second kappa shape index (κ2) is 17.1. The molecule has 1 atom stereocenters. The average Bonchev–Trinajstić information content (AvgIpc) is 2.84. The second-order valence-corrected chi connectivity index (χ2v) is 8.68. The lowest BCUT2D eigenvalue weighted by molar-refractivity contribution is 0.0675. The molecule has 1 aromatic carbocycles. The first-order valence-corrected chi connectivity index (χ1v) is 12.9. The van der Waals surface area contributed by atoms with Crippen molar-refractivity contribution in [3.63, 3.8) is 0 Å². The Morgan fingerprint density at radius 2 is 1.42 bits per heavy atom. The molecule has 0 amide bonds. The van der Waals surface area contributed by atoms with Crippen LogP contribution in [-0.2, 0) is 4.74 Å². The summed E-state index contributed by atoms with van der Waals surface area (Å²) in [7, 11) is 0. The maximum Gasteiger partial charge on any atom is 0.159 e. The number of nitrogens with zero attached hydrogens (tertiary/aromatic N) is 2. The van der Waals surface area contributed by atoms with Crippen LogP contribution in [0.3, 0.4) is 0 Å². The van der Waals surface area contributed by atoms with E-state index in [-0.39, 0.29) is 6.10 Å². The van der Waals surface area contributed by atoms with Crippen LogP contribution in [-0.4, -0.2) is 29.3 Å². The minimum atomic E-state index is 0.174. The molecule has 0 aliphatic carbocycles. The van der Waals surface area contributed by atoms with Crippen molar-refractivity contribution < 1.29 is 9.47 Å². The molecule has 2 aromatic rings. The summed E-state index contributed by atoms with van der Waals surface area (Å²) in [5.41, 5.74) is 1.97. The molecule has 0 saturated heterocycles. The van der Waals surface area contributed by atoms with E-state index in [0.717, 1.165) is 55.8 Å². The highest BCUT2D eigenvalue weighted by molar-refractivity contribution is 5.56. The van der Waals surface area contributed by atoms with E-state index in [9.17, 15) is 0 Å². The third-order valence-corrected chi connectivity index (χ3v) is 5.56. The highest BCUT2D eigenvalue weighted by atomic mass is 16.5. The summed E-state index contributed by atoms with van der Waals surface area (Å²) in [5, 5.41) is 0. The predicted molar refractivity (Wildman–Crippen MR) is 137 cm³/mol. The molecule has 4 nitrogen and oxygen atoms in total. The van der Waals surface area contributed by atoms with E-state index < -0.39 is 0 Å². The van der Waals surface area contributed by atoms with Gasteiger partial charge in [-0.2, -0.15) is 0 Å². The van der Waals surface area contributed by atoms with Crippen molar-refractivity contribution in [1.82, 2.24) is 9.97 Å². The number of ether oxygens (including phenoxy) is 2. The summed E-state index contributed by atoms with van der Waals surface area (Å²) in [6, 6.07) is 8.06. The number of aromatic nitrogens is 2. The zero-order valence-electron chi connectivity index (χ0n) is 20.9. The van der Waals surface area contributed by atoms with E-state index in [1.165, 1.54) is 44.9 Å². The van der Waals surface area contributed by atoms with Crippen LogP contribution in [0, 0.1) is 11.8 Å². The van der Waals surface area contributed by atoms with Crippen LogP contribution in [0.15, 0.2) is 36.7 Å². The quantitative estimate of drug-likeness (QED) is 0.195. The summed E-state index contributed by atoms with van der Waals surface area (Å²) >= 11 is 0. The minimum absolute atomic E-state index is 0.174. The van der Waals surface area contributed by atoms with Gasteiger partial charge in [-0.25, -0.2) is 9.97 Å². The van der Waals surface area contributed by atoms with E-state index in [2.05, 4.69) is 42.6 Å². The predicted octanol–water partition coefficient (Wildman–Crippen LogP) is 7.61. The van der Waals surface area contributed by atoms with Crippen LogP contribution in [0.1, 0.15) is 97.0 Å². The number of unbranched alkanes of at least 4 members (excludes halogenated alkanes) is 8. The number of rotatable bonds is 16. The first-order chi connectivity index (χ1) is 16.2. The fraction of sp³-hybridized carbons (Fsp3) is 0.586. The SMILES string of the molecule is CCCCCCCCCCOc1cnc(-c2ccc(C#CCC(C)OCCCC)cc2)nc1. The highest BCUT2D eigenvalue weighted by Crippen LogP contribution is 2.17. The molecule has 33 heavy (non-hydrogen) atoms. The van der Waals surface area contributed by atoms with Gasteiger partial charge < -0.3 is 9.47 Å². The van der Waals surface area contributed by atoms with Gasteiger partial charge in [0.15, 0.2) is 11.6 Å². The smallest absolute Gasteiger partial charge is 0.159 e. The van der Waals surface area contributed by atoms with Crippen LogP contribution >= 0.6 is 0 Å². The van der Waals surface area contributed by atoms with Crippen LogP contribution in [0.4, 0.5) is 0 Å². The lowest BCUT2D eigenvalue weighted by Crippen LogP contribution is -2.07. The van der Waals surface area contributed by atoms with Gasteiger partial charge in [0.25, 0.3) is 0 Å². The fourth-order valence-electron chi connectivity index (χ4n) is 3.45. The maximum atomic E-state index is 5.80. The van der Waals surface area contributed by atoms with Crippen LogP contribution < -0.4 is 4.74 Å². The fourth-order valence-corrected chi connectivity index (χ4v) is 3.45. The van der Waals surface area contributed by atoms with Gasteiger partial charge in [-0.1, -0.05) is 77.1 Å². The highest BCUT2D eigenvalue weighted by Gasteiger charge is 2.03. The summed E-state index contributed by atoms with van der Waals surface area (Å²) in [4.78, 5) is 8.94. The van der Waals surface area contributed by atoms with Gasteiger partial charge in [-0.3, -0.25) is 0 Å². The molecular formula is C29H42N2O2. The van der Waals surface area contributed by atoms with E-state index in [0.29, 0.717) is 5.82 Å². The Balaban J connectivity index is 1.69. The van der Waals surface area contributed by atoms with Crippen molar-refractivity contribution in [2.45, 2.75) is 97.5 Å². The van der Waals surface area contributed by atoms with E-state index >= 15 is 0 Å². The van der Waals surface area contributed by atoms with Crippen molar-refractivity contribution in [3.05, 3.63) is 42.2 Å². The van der Waals surface area contributed by atoms with Crippen molar-refractivity contribution in [3.8, 4) is 29.0 Å². The summed E-state index contributed by atoms with van der Waals surface area (Å²) in [6.45, 7) is 8.05. The molecule has 0 fully saturated rings. The molecule has 4 heteroatoms. The standard InChI is InChI=1S/C29H42N2O2/c1-4-6-8-9-10-11-12-13-22-33-28-23-30-29(31-24-28)27-19-17-26(18-20-27)16-14-15-25(3)32-21-7-5-2/h17-20,23-25H,4-13,15,21-22H2,1-3H3. The Bertz CT molecular complexity index is 806. The zero-order chi connectivity index (χ0) is 23.6. The molecule has 0 N–H and O–H groups in total. The first-order valence-electron chi connectivity index (χ1n) is 12.9. The number of hydrogen-bond donors (Lipinski definition) is 0. The van der Waals surface area contributed by atoms with Gasteiger partial charge in [0.2, 0.25) is 0 Å². The molecule has 1 aromatic heterocycles. The number of hydrogen-bond acceptors (Lipinski definition) is 4. The monoisotopic (exact) mass is 450 g/mol. The summed E-state index contributed by atoms with van der Waals surface area (Å²) in [5.74, 6) is 7.87. The van der Waals surface area contributed by atoms with Crippen molar-refractivity contribution >= 4 is 0 Å². The van der Waals surface area contributed by atoms with Crippen LogP contribution in [0.2, 0.25) is 0 Å². The second-order valence-electron chi connectivity index (χ2n) is 8.68. The van der Waals surface area contributed by atoms with Gasteiger partial charge >= 0.3 is 0 Å². The molecule has 0 aliphatic heterocycles. The maximum absolute atomic E-state index is 5.80. The van der Waals surface area contributed by atoms with Gasteiger partial charge in [0, 0.05) is 24.2 Å². The van der Waals surface area contributed by atoms with E-state index in [4.69, 9.17) is 9.47 Å². The lowest BCUT2D eigenvalue weighted by atomic mass is 10.1. The third-order valence-electron chi connectivity index (χ3n) is 5.56. The Kier molecular flexibility index (Phi) is 14.0. The normalized spacial score (nSPS) is 11.6. The van der Waals surface area contributed by atoms with Gasteiger partial charge in [-0.15, -0.1) is 0 Å². The molecule has 180 valence electrons. The molecule has 0 radical (unpaired) electrons. The third kappa shape index (κ3) is 11.9. The summed E-state index contributed by atoms with van der Waals surface area (Å²) < 4.78 is 11.5. The first kappa shape index (κ1) is 26.9. The topological polar surface area (TPSA) is 44.2 Å². The molecule has 0 spiro atoms. The molecule has 2 rings (SSSR count). The van der Waals surface area contributed by atoms with Crippen molar-refractivity contribution in [1.29, 1.82) is 0 Å². The number of benzene rings is 1. The Labute approximate surface area is 201 Å². The van der Waals surface area contributed by atoms with Crippen molar-refractivity contribution in [2.24, 2.45) is 0 Å². The largest absolute Gasteiger partial charge is 0.490 e. The molecule has 0 bridgehead atoms. The molecular weight excluding hydrogens is 408 g/mol. The van der Waals surface area contributed by atoms with Gasteiger partial charge in [0.1, 0.15) is 0 Å². The Hall–Kier alpha value is -2.38. The van der Waals surface area contributed by atoms with E-state index in [1.54, 1.807) is 12.4 Å². The molecule has 1 heterocycles. The van der Waals surface area contributed by atoms with Gasteiger partial charge in [0.05, 0.1) is 25.1 Å². The average molecular weight is 451 g/mol. The molecule has 0 saturated carbocycles. The molecule has 0 aliphatic rings. The van der Waals surface area contributed by atoms with E-state index in [1.807, 2.05) is 24.3 Å².